The highest BCUT2D eigenvalue weighted by Crippen LogP contribution is 2.34. The van der Waals surface area contributed by atoms with Crippen LogP contribution in [0.1, 0.15) is 12.8 Å². The molecular formula is C14H18N2O5. The largest absolute Gasteiger partial charge is 0.454 e. The number of carbonyl (C=O) groups excluding carboxylic acids is 1. The Morgan fingerprint density at radius 3 is 2.81 bits per heavy atom. The van der Waals surface area contributed by atoms with E-state index in [4.69, 9.17) is 14.2 Å². The molecule has 1 fully saturated rings. The Morgan fingerprint density at radius 1 is 1.24 bits per heavy atom. The average molecular weight is 294 g/mol. The number of hydrogen-bond donors (Lipinski definition) is 3. The third-order valence-corrected chi connectivity index (χ3v) is 3.63. The summed E-state index contributed by atoms with van der Waals surface area (Å²) >= 11 is 0. The highest BCUT2D eigenvalue weighted by atomic mass is 16.7. The van der Waals surface area contributed by atoms with Crippen LogP contribution in [0.4, 0.5) is 10.5 Å². The summed E-state index contributed by atoms with van der Waals surface area (Å²) in [6.07, 6.45) is 1.05. The van der Waals surface area contributed by atoms with Crippen molar-refractivity contribution < 1.29 is 24.1 Å². The third kappa shape index (κ3) is 3.37. The van der Waals surface area contributed by atoms with E-state index < -0.39 is 5.60 Å². The molecule has 0 radical (unpaired) electrons. The van der Waals surface area contributed by atoms with Crippen LogP contribution < -0.4 is 20.1 Å². The molecule has 2 amide bonds. The number of ether oxygens (including phenoxy) is 3. The fraction of sp³-hybridized carbons (Fsp3) is 0.500. The van der Waals surface area contributed by atoms with E-state index in [0.29, 0.717) is 43.2 Å². The summed E-state index contributed by atoms with van der Waals surface area (Å²) < 4.78 is 15.6. The van der Waals surface area contributed by atoms with Crippen LogP contribution in [-0.4, -0.2) is 43.3 Å². The van der Waals surface area contributed by atoms with Crippen LogP contribution in [0.25, 0.3) is 0 Å². The summed E-state index contributed by atoms with van der Waals surface area (Å²) in [5.41, 5.74) is -0.277. The van der Waals surface area contributed by atoms with E-state index in [1.807, 2.05) is 0 Å². The van der Waals surface area contributed by atoms with Gasteiger partial charge in [-0.15, -0.1) is 0 Å². The van der Waals surface area contributed by atoms with Crippen molar-refractivity contribution in [2.75, 3.05) is 31.9 Å². The molecule has 0 atom stereocenters. The number of hydrogen-bond acceptors (Lipinski definition) is 5. The van der Waals surface area contributed by atoms with Crippen molar-refractivity contribution in [2.24, 2.45) is 0 Å². The average Bonchev–Trinajstić information content (AvgIpc) is 2.94. The molecule has 2 aliphatic rings. The second kappa shape index (κ2) is 5.79. The number of urea groups is 1. The molecule has 3 N–H and O–H groups in total. The molecule has 2 heterocycles. The van der Waals surface area contributed by atoms with Gasteiger partial charge in [0.15, 0.2) is 11.5 Å². The summed E-state index contributed by atoms with van der Waals surface area (Å²) in [7, 11) is 0. The lowest BCUT2D eigenvalue weighted by atomic mass is 9.94. The van der Waals surface area contributed by atoms with Gasteiger partial charge in [0.2, 0.25) is 6.79 Å². The maximum Gasteiger partial charge on any atom is 0.319 e. The lowest BCUT2D eigenvalue weighted by molar-refractivity contribution is -0.0598. The number of aliphatic hydroxyl groups is 1. The minimum atomic E-state index is -0.884. The molecule has 1 aromatic carbocycles. The zero-order valence-electron chi connectivity index (χ0n) is 11.6. The van der Waals surface area contributed by atoms with Crippen molar-refractivity contribution in [3.63, 3.8) is 0 Å². The van der Waals surface area contributed by atoms with E-state index in [1.165, 1.54) is 0 Å². The summed E-state index contributed by atoms with van der Waals surface area (Å²) in [5, 5.41) is 15.6. The number of nitrogens with one attached hydrogen (secondary N) is 2. The van der Waals surface area contributed by atoms with Crippen molar-refractivity contribution in [3.8, 4) is 11.5 Å². The topological polar surface area (TPSA) is 89.1 Å². The van der Waals surface area contributed by atoms with Gasteiger partial charge in [-0.25, -0.2) is 4.79 Å². The summed E-state index contributed by atoms with van der Waals surface area (Å²) in [4.78, 5) is 11.9. The van der Waals surface area contributed by atoms with Gasteiger partial charge in [0, 0.05) is 44.4 Å². The second-order valence-corrected chi connectivity index (χ2v) is 5.21. The normalized spacial score (nSPS) is 19.1. The van der Waals surface area contributed by atoms with Crippen molar-refractivity contribution in [3.05, 3.63) is 18.2 Å². The first-order chi connectivity index (χ1) is 10.1. The van der Waals surface area contributed by atoms with Crippen LogP contribution in [0.15, 0.2) is 18.2 Å². The lowest BCUT2D eigenvalue weighted by Crippen LogP contribution is -2.47. The Hall–Kier alpha value is -1.99. The zero-order valence-corrected chi connectivity index (χ0v) is 11.6. The van der Waals surface area contributed by atoms with E-state index in [2.05, 4.69) is 10.6 Å². The summed E-state index contributed by atoms with van der Waals surface area (Å²) in [5.74, 6) is 1.27. The first-order valence-corrected chi connectivity index (χ1v) is 6.89. The maximum absolute atomic E-state index is 11.9. The van der Waals surface area contributed by atoms with Crippen molar-refractivity contribution in [1.29, 1.82) is 0 Å². The number of anilines is 1. The predicted octanol–water partition coefficient (Wildman–Crippen LogP) is 1.08. The molecule has 0 spiro atoms. The Labute approximate surface area is 122 Å². The molecule has 0 bridgehead atoms. The number of amides is 2. The first kappa shape index (κ1) is 14.0. The van der Waals surface area contributed by atoms with Gasteiger partial charge in [-0.2, -0.15) is 0 Å². The molecule has 2 aliphatic heterocycles. The Morgan fingerprint density at radius 2 is 2.00 bits per heavy atom. The van der Waals surface area contributed by atoms with Gasteiger partial charge in [-0.05, 0) is 12.1 Å². The van der Waals surface area contributed by atoms with Crippen LogP contribution in [0, 0.1) is 0 Å². The molecule has 0 aliphatic carbocycles. The SMILES string of the molecule is O=C(NCC1(O)CCOCC1)Nc1ccc2c(c1)OCO2. The smallest absolute Gasteiger partial charge is 0.319 e. The fourth-order valence-electron chi connectivity index (χ4n) is 2.32. The highest BCUT2D eigenvalue weighted by Gasteiger charge is 2.30. The molecule has 0 aromatic heterocycles. The van der Waals surface area contributed by atoms with Crippen LogP contribution in [0.5, 0.6) is 11.5 Å². The standard InChI is InChI=1S/C14H18N2O5/c17-13(15-8-14(18)3-5-19-6-4-14)16-10-1-2-11-12(7-10)21-9-20-11/h1-2,7,18H,3-6,8-9H2,(H2,15,16,17). The molecule has 7 nitrogen and oxygen atoms in total. The highest BCUT2D eigenvalue weighted by molar-refractivity contribution is 5.89. The second-order valence-electron chi connectivity index (χ2n) is 5.21. The van der Waals surface area contributed by atoms with Crippen LogP contribution >= 0.6 is 0 Å². The summed E-state index contributed by atoms with van der Waals surface area (Å²) in [6, 6.07) is 4.81. The predicted molar refractivity (Wildman–Crippen MR) is 74.6 cm³/mol. The van der Waals surface area contributed by atoms with Crippen molar-refractivity contribution >= 4 is 11.7 Å². The molecule has 1 aromatic rings. The molecule has 21 heavy (non-hydrogen) atoms. The van der Waals surface area contributed by atoms with Gasteiger partial charge in [0.25, 0.3) is 0 Å². The Balaban J connectivity index is 1.52. The minimum absolute atomic E-state index is 0.195. The molecule has 7 heteroatoms. The van der Waals surface area contributed by atoms with Gasteiger partial charge in [0.1, 0.15) is 0 Å². The molecule has 114 valence electrons. The molecule has 3 rings (SSSR count). The van der Waals surface area contributed by atoms with E-state index in [0.717, 1.165) is 0 Å². The zero-order chi connectivity index (χ0) is 14.7. The van der Waals surface area contributed by atoms with Crippen LogP contribution in [-0.2, 0) is 4.74 Å². The van der Waals surface area contributed by atoms with Crippen LogP contribution in [0.3, 0.4) is 0 Å². The minimum Gasteiger partial charge on any atom is -0.454 e. The monoisotopic (exact) mass is 294 g/mol. The van der Waals surface area contributed by atoms with Gasteiger partial charge in [-0.3, -0.25) is 0 Å². The Kier molecular flexibility index (Phi) is 3.85. The molecule has 0 saturated carbocycles. The van der Waals surface area contributed by atoms with E-state index in [9.17, 15) is 9.90 Å². The molecule has 1 saturated heterocycles. The number of benzene rings is 1. The lowest BCUT2D eigenvalue weighted by Gasteiger charge is -2.32. The van der Waals surface area contributed by atoms with Gasteiger partial charge < -0.3 is 30.0 Å². The summed E-state index contributed by atoms with van der Waals surface area (Å²) in [6.45, 7) is 1.43. The maximum atomic E-state index is 11.9. The number of rotatable bonds is 3. The van der Waals surface area contributed by atoms with Crippen molar-refractivity contribution in [2.45, 2.75) is 18.4 Å². The van der Waals surface area contributed by atoms with Gasteiger partial charge in [0.05, 0.1) is 5.60 Å². The van der Waals surface area contributed by atoms with Gasteiger partial charge in [-0.1, -0.05) is 0 Å². The molecule has 0 unspecified atom stereocenters. The van der Waals surface area contributed by atoms with Crippen LogP contribution in [0.2, 0.25) is 0 Å². The number of fused-ring (bicyclic) bond motifs is 1. The van der Waals surface area contributed by atoms with E-state index in [-0.39, 0.29) is 19.4 Å². The van der Waals surface area contributed by atoms with Gasteiger partial charge >= 0.3 is 6.03 Å². The van der Waals surface area contributed by atoms with Crippen molar-refractivity contribution in [1.82, 2.24) is 5.32 Å². The number of carbonyl (C=O) groups is 1. The van der Waals surface area contributed by atoms with E-state index in [1.54, 1.807) is 18.2 Å². The Bertz CT molecular complexity index is 528. The van der Waals surface area contributed by atoms with E-state index >= 15 is 0 Å². The third-order valence-electron chi connectivity index (χ3n) is 3.63. The first-order valence-electron chi connectivity index (χ1n) is 6.89. The molecular weight excluding hydrogens is 276 g/mol. The quantitative estimate of drug-likeness (QED) is 0.776. The fourth-order valence-corrected chi connectivity index (χ4v) is 2.32.